The van der Waals surface area contributed by atoms with E-state index in [-0.39, 0.29) is 18.7 Å². The summed E-state index contributed by atoms with van der Waals surface area (Å²) < 4.78 is 0.980. The van der Waals surface area contributed by atoms with E-state index in [9.17, 15) is 9.59 Å². The largest absolute Gasteiger partial charge is 0.480 e. The van der Waals surface area contributed by atoms with Gasteiger partial charge in [0, 0.05) is 17.4 Å². The normalized spacial score (nSPS) is 20.8. The zero-order valence-electron chi connectivity index (χ0n) is 9.10. The van der Waals surface area contributed by atoms with Crippen molar-refractivity contribution in [2.24, 2.45) is 0 Å². The van der Waals surface area contributed by atoms with Crippen LogP contribution in [-0.2, 0) is 16.1 Å². The molecule has 1 saturated heterocycles. The molecular weight excluding hydrogens is 286 g/mol. The lowest BCUT2D eigenvalue weighted by atomic mass is 10.2. The third-order valence-electron chi connectivity index (χ3n) is 2.83. The van der Waals surface area contributed by atoms with Gasteiger partial charge in [-0.1, -0.05) is 28.1 Å². The topological polar surface area (TPSA) is 57.6 Å². The van der Waals surface area contributed by atoms with Crippen molar-refractivity contribution in [3.63, 3.8) is 0 Å². The zero-order chi connectivity index (χ0) is 12.4. The first-order valence-electron chi connectivity index (χ1n) is 5.29. The van der Waals surface area contributed by atoms with E-state index in [0.717, 1.165) is 10.0 Å². The van der Waals surface area contributed by atoms with Gasteiger partial charge in [0.1, 0.15) is 11.8 Å². The lowest BCUT2D eigenvalue weighted by Crippen LogP contribution is -2.35. The van der Waals surface area contributed by atoms with Gasteiger partial charge in [-0.15, -0.1) is 0 Å². The Kier molecular flexibility index (Phi) is 3.59. The van der Waals surface area contributed by atoms with Gasteiger partial charge in [-0.3, -0.25) is 14.5 Å². The summed E-state index contributed by atoms with van der Waals surface area (Å²) in [5.41, 5.74) is 1.01. The second-order valence-electron chi connectivity index (χ2n) is 4.13. The van der Waals surface area contributed by atoms with Crippen molar-refractivity contribution in [1.29, 1.82) is 0 Å². The van der Waals surface area contributed by atoms with E-state index in [4.69, 9.17) is 5.11 Å². The van der Waals surface area contributed by atoms with Crippen molar-refractivity contribution in [2.75, 3.05) is 6.54 Å². The lowest BCUT2D eigenvalue weighted by molar-refractivity contribution is -0.142. The monoisotopic (exact) mass is 297 g/mol. The number of hydrogen-bond acceptors (Lipinski definition) is 3. The Morgan fingerprint density at radius 3 is 2.65 bits per heavy atom. The molecule has 4 nitrogen and oxygen atoms in total. The molecule has 2 rings (SSSR count). The smallest absolute Gasteiger partial charge is 0.321 e. The highest BCUT2D eigenvalue weighted by molar-refractivity contribution is 9.10. The maximum atomic E-state index is 11.3. The van der Waals surface area contributed by atoms with Gasteiger partial charge in [0.25, 0.3) is 0 Å². The van der Waals surface area contributed by atoms with Gasteiger partial charge in [0.15, 0.2) is 0 Å². The maximum Gasteiger partial charge on any atom is 0.321 e. The van der Waals surface area contributed by atoms with Crippen LogP contribution in [0.2, 0.25) is 0 Å². The van der Waals surface area contributed by atoms with Crippen LogP contribution in [-0.4, -0.2) is 34.3 Å². The third-order valence-corrected chi connectivity index (χ3v) is 3.35. The van der Waals surface area contributed by atoms with Gasteiger partial charge < -0.3 is 5.11 Å². The molecule has 1 aliphatic heterocycles. The van der Waals surface area contributed by atoms with Crippen LogP contribution in [0, 0.1) is 0 Å². The molecule has 1 aromatic carbocycles. The highest BCUT2D eigenvalue weighted by Crippen LogP contribution is 2.19. The quantitative estimate of drug-likeness (QED) is 0.922. The molecule has 1 heterocycles. The number of aliphatic carboxylic acids is 1. The molecule has 90 valence electrons. The minimum absolute atomic E-state index is 0.00508. The summed E-state index contributed by atoms with van der Waals surface area (Å²) in [6, 6.07) is 6.98. The minimum Gasteiger partial charge on any atom is -0.480 e. The van der Waals surface area contributed by atoms with Gasteiger partial charge in [-0.2, -0.15) is 0 Å². The van der Waals surface area contributed by atoms with E-state index in [1.165, 1.54) is 0 Å². The number of hydrogen-bond donors (Lipinski definition) is 1. The molecule has 0 amide bonds. The molecule has 1 fully saturated rings. The zero-order valence-corrected chi connectivity index (χ0v) is 10.7. The van der Waals surface area contributed by atoms with Crippen LogP contribution in [0.25, 0.3) is 0 Å². The first kappa shape index (κ1) is 12.3. The van der Waals surface area contributed by atoms with E-state index in [0.29, 0.717) is 6.54 Å². The Labute approximate surface area is 107 Å². The SMILES string of the molecule is O=C1CC(C(=O)O)N(Cc2ccc(Br)cc2)C1. The van der Waals surface area contributed by atoms with Crippen LogP contribution < -0.4 is 0 Å². The van der Waals surface area contributed by atoms with Gasteiger partial charge in [-0.05, 0) is 17.7 Å². The van der Waals surface area contributed by atoms with Crippen molar-refractivity contribution in [2.45, 2.75) is 19.0 Å². The van der Waals surface area contributed by atoms with E-state index in [1.807, 2.05) is 24.3 Å². The summed E-state index contributed by atoms with van der Waals surface area (Å²) >= 11 is 3.34. The molecule has 0 saturated carbocycles. The Hall–Kier alpha value is -1.20. The molecule has 17 heavy (non-hydrogen) atoms. The molecular formula is C12H12BrNO3. The Morgan fingerprint density at radius 1 is 1.41 bits per heavy atom. The van der Waals surface area contributed by atoms with Crippen molar-refractivity contribution in [3.05, 3.63) is 34.3 Å². The summed E-state index contributed by atoms with van der Waals surface area (Å²) in [7, 11) is 0. The van der Waals surface area contributed by atoms with Crippen LogP contribution in [0.5, 0.6) is 0 Å². The first-order chi connectivity index (χ1) is 8.06. The second kappa shape index (κ2) is 4.98. The fourth-order valence-corrected chi connectivity index (χ4v) is 2.24. The fourth-order valence-electron chi connectivity index (χ4n) is 1.98. The molecule has 1 aliphatic rings. The number of halogens is 1. The average molecular weight is 298 g/mol. The Balaban J connectivity index is 2.09. The summed E-state index contributed by atoms with van der Waals surface area (Å²) in [4.78, 5) is 24.0. The summed E-state index contributed by atoms with van der Waals surface area (Å²) in [6.07, 6.45) is 0.117. The number of carbonyl (C=O) groups excluding carboxylic acids is 1. The van der Waals surface area contributed by atoms with Gasteiger partial charge in [0.2, 0.25) is 0 Å². The summed E-state index contributed by atoms with van der Waals surface area (Å²) in [6.45, 7) is 0.725. The van der Waals surface area contributed by atoms with Crippen LogP contribution >= 0.6 is 15.9 Å². The molecule has 0 aliphatic carbocycles. The summed E-state index contributed by atoms with van der Waals surface area (Å²) in [5, 5.41) is 9.02. The van der Waals surface area contributed by atoms with Gasteiger partial charge >= 0.3 is 5.97 Å². The Bertz CT molecular complexity index is 444. The van der Waals surface area contributed by atoms with Crippen molar-refractivity contribution in [3.8, 4) is 0 Å². The number of likely N-dealkylation sites (tertiary alicyclic amines) is 1. The van der Waals surface area contributed by atoms with Crippen molar-refractivity contribution >= 4 is 27.7 Å². The minimum atomic E-state index is -0.923. The molecule has 1 unspecified atom stereocenters. The molecule has 5 heteroatoms. The highest BCUT2D eigenvalue weighted by Gasteiger charge is 2.35. The number of benzene rings is 1. The standard InChI is InChI=1S/C12H12BrNO3/c13-9-3-1-8(2-4-9)6-14-7-10(15)5-11(14)12(16)17/h1-4,11H,5-7H2,(H,16,17). The van der Waals surface area contributed by atoms with Crippen LogP contribution in [0.3, 0.4) is 0 Å². The number of Topliss-reactive ketones (excluding diaryl/α,β-unsaturated/α-hetero) is 1. The van der Waals surface area contributed by atoms with E-state index >= 15 is 0 Å². The average Bonchev–Trinajstić information content (AvgIpc) is 2.63. The predicted molar refractivity (Wildman–Crippen MR) is 65.6 cm³/mol. The third kappa shape index (κ3) is 2.92. The number of nitrogens with zero attached hydrogens (tertiary/aromatic N) is 1. The molecule has 1 atom stereocenters. The first-order valence-corrected chi connectivity index (χ1v) is 6.08. The van der Waals surface area contributed by atoms with Crippen LogP contribution in [0.4, 0.5) is 0 Å². The van der Waals surface area contributed by atoms with Crippen LogP contribution in [0.15, 0.2) is 28.7 Å². The number of rotatable bonds is 3. The molecule has 0 bridgehead atoms. The molecule has 0 spiro atoms. The molecule has 0 aromatic heterocycles. The van der Waals surface area contributed by atoms with Gasteiger partial charge in [-0.25, -0.2) is 0 Å². The number of carboxylic acid groups (broad SMARTS) is 1. The van der Waals surface area contributed by atoms with E-state index in [1.54, 1.807) is 4.90 Å². The summed E-state index contributed by atoms with van der Waals surface area (Å²) in [5.74, 6) is -0.928. The van der Waals surface area contributed by atoms with Gasteiger partial charge in [0.05, 0.1) is 6.54 Å². The second-order valence-corrected chi connectivity index (χ2v) is 5.04. The number of carbonyl (C=O) groups is 2. The van der Waals surface area contributed by atoms with Crippen molar-refractivity contribution in [1.82, 2.24) is 4.90 Å². The Morgan fingerprint density at radius 2 is 2.06 bits per heavy atom. The molecule has 0 radical (unpaired) electrons. The molecule has 1 N–H and O–H groups in total. The molecule has 1 aromatic rings. The van der Waals surface area contributed by atoms with Crippen molar-refractivity contribution < 1.29 is 14.7 Å². The number of ketones is 1. The van der Waals surface area contributed by atoms with E-state index < -0.39 is 12.0 Å². The van der Waals surface area contributed by atoms with E-state index in [2.05, 4.69) is 15.9 Å². The number of carboxylic acids is 1. The lowest BCUT2D eigenvalue weighted by Gasteiger charge is -2.19. The van der Waals surface area contributed by atoms with Crippen LogP contribution in [0.1, 0.15) is 12.0 Å². The predicted octanol–water partition coefficient (Wildman–Crippen LogP) is 1.68. The maximum absolute atomic E-state index is 11.3. The highest BCUT2D eigenvalue weighted by atomic mass is 79.9. The fraction of sp³-hybridized carbons (Fsp3) is 0.333.